The number of hydrogen-bond donors (Lipinski definition) is 2. The highest BCUT2D eigenvalue weighted by atomic mass is 32.2. The summed E-state index contributed by atoms with van der Waals surface area (Å²) in [4.78, 5) is 12.1. The molecule has 1 aliphatic rings. The predicted octanol–water partition coefficient (Wildman–Crippen LogP) is 1.41. The number of benzene rings is 1. The van der Waals surface area contributed by atoms with Crippen LogP contribution in [0.25, 0.3) is 0 Å². The van der Waals surface area contributed by atoms with Gasteiger partial charge in [0.1, 0.15) is 0 Å². The molecule has 1 aromatic carbocycles. The fourth-order valence-corrected chi connectivity index (χ4v) is 4.76. The zero-order valence-corrected chi connectivity index (χ0v) is 13.5. The average molecular weight is 310 g/mol. The lowest BCUT2D eigenvalue weighted by Crippen LogP contribution is -2.46. The average Bonchev–Trinajstić information content (AvgIpc) is 2.67. The summed E-state index contributed by atoms with van der Waals surface area (Å²) >= 11 is 0. The van der Waals surface area contributed by atoms with Crippen LogP contribution in [-0.4, -0.2) is 37.9 Å². The van der Waals surface area contributed by atoms with E-state index in [4.69, 9.17) is 0 Å². The van der Waals surface area contributed by atoms with Crippen molar-refractivity contribution in [3.05, 3.63) is 29.3 Å². The first-order valence-electron chi connectivity index (χ1n) is 7.02. The highest BCUT2D eigenvalue weighted by molar-refractivity contribution is 7.91. The Hall–Kier alpha value is -1.40. The van der Waals surface area contributed by atoms with Gasteiger partial charge in [-0.3, -0.25) is 4.79 Å². The van der Waals surface area contributed by atoms with Crippen LogP contribution in [0.1, 0.15) is 24.5 Å². The maximum absolute atomic E-state index is 12.1. The Labute approximate surface area is 126 Å². The summed E-state index contributed by atoms with van der Waals surface area (Å²) in [7, 11) is -2.97. The van der Waals surface area contributed by atoms with Crippen LogP contribution in [0, 0.1) is 13.8 Å². The number of anilines is 1. The summed E-state index contributed by atoms with van der Waals surface area (Å²) in [6.07, 6.45) is 0.548. The van der Waals surface area contributed by atoms with Crippen LogP contribution in [0.5, 0.6) is 0 Å². The molecule has 1 aliphatic heterocycles. The molecule has 2 rings (SSSR count). The summed E-state index contributed by atoms with van der Waals surface area (Å²) in [5.41, 5.74) is 2.35. The zero-order chi connectivity index (χ0) is 15.7. The molecular weight excluding hydrogens is 288 g/mol. The van der Waals surface area contributed by atoms with Crippen LogP contribution in [0.15, 0.2) is 18.2 Å². The summed E-state index contributed by atoms with van der Waals surface area (Å²) < 4.78 is 23.1. The predicted molar refractivity (Wildman–Crippen MR) is 84.2 cm³/mol. The van der Waals surface area contributed by atoms with E-state index in [9.17, 15) is 13.2 Å². The Bertz CT molecular complexity index is 635. The molecule has 5 nitrogen and oxygen atoms in total. The van der Waals surface area contributed by atoms with Gasteiger partial charge in [0.15, 0.2) is 9.84 Å². The van der Waals surface area contributed by atoms with Gasteiger partial charge in [-0.15, -0.1) is 0 Å². The largest absolute Gasteiger partial charge is 0.324 e. The normalized spacial score (nSPS) is 24.0. The molecule has 0 saturated carbocycles. The lowest BCUT2D eigenvalue weighted by atomic mass is 10.0. The van der Waals surface area contributed by atoms with Crippen LogP contribution in [0.2, 0.25) is 0 Å². The summed E-state index contributed by atoms with van der Waals surface area (Å²) in [6, 6.07) is 5.84. The number of amides is 1. The number of hydrogen-bond acceptors (Lipinski definition) is 4. The molecule has 21 heavy (non-hydrogen) atoms. The molecule has 0 aliphatic carbocycles. The van der Waals surface area contributed by atoms with Crippen molar-refractivity contribution >= 4 is 21.4 Å². The van der Waals surface area contributed by atoms with Gasteiger partial charge in [0.05, 0.1) is 18.1 Å². The molecule has 2 N–H and O–H groups in total. The van der Waals surface area contributed by atoms with E-state index >= 15 is 0 Å². The van der Waals surface area contributed by atoms with E-state index in [1.165, 1.54) is 0 Å². The van der Waals surface area contributed by atoms with E-state index in [-0.39, 0.29) is 24.0 Å². The summed E-state index contributed by atoms with van der Waals surface area (Å²) in [6.45, 7) is 5.85. The number of aryl methyl sites for hydroxylation is 2. The van der Waals surface area contributed by atoms with Crippen molar-refractivity contribution in [1.29, 1.82) is 0 Å². The molecule has 1 unspecified atom stereocenters. The third kappa shape index (κ3) is 4.04. The molecule has 6 heteroatoms. The lowest BCUT2D eigenvalue weighted by Gasteiger charge is -2.23. The smallest absolute Gasteiger partial charge is 0.238 e. The van der Waals surface area contributed by atoms with Gasteiger partial charge in [-0.2, -0.15) is 0 Å². The lowest BCUT2D eigenvalue weighted by molar-refractivity contribution is -0.115. The first-order valence-corrected chi connectivity index (χ1v) is 8.84. The van der Waals surface area contributed by atoms with Crippen molar-refractivity contribution in [2.75, 3.05) is 23.4 Å². The number of rotatable bonds is 4. The summed E-state index contributed by atoms with van der Waals surface area (Å²) in [5, 5.41) is 5.97. The van der Waals surface area contributed by atoms with Gasteiger partial charge in [0.2, 0.25) is 5.91 Å². The molecule has 0 bridgehead atoms. The van der Waals surface area contributed by atoms with Crippen molar-refractivity contribution in [3.8, 4) is 0 Å². The Morgan fingerprint density at radius 2 is 1.90 bits per heavy atom. The minimum absolute atomic E-state index is 0.0939. The number of sulfone groups is 1. The van der Waals surface area contributed by atoms with Gasteiger partial charge in [0.25, 0.3) is 0 Å². The van der Waals surface area contributed by atoms with E-state index in [1.54, 1.807) is 0 Å². The maximum Gasteiger partial charge on any atom is 0.238 e. The molecular formula is C15H22N2O3S. The SMILES string of the molecule is Cc1cccc(C)c1NC(=O)CNC1(C)CCS(=O)(=O)C1. The van der Waals surface area contributed by atoms with Crippen molar-refractivity contribution in [2.45, 2.75) is 32.7 Å². The molecule has 0 spiro atoms. The van der Waals surface area contributed by atoms with E-state index in [2.05, 4.69) is 10.6 Å². The Kier molecular flexibility index (Phi) is 4.39. The summed E-state index contributed by atoms with van der Waals surface area (Å²) in [5.74, 6) is 0.129. The van der Waals surface area contributed by atoms with Crippen LogP contribution in [0.3, 0.4) is 0 Å². The molecule has 0 aromatic heterocycles. The van der Waals surface area contributed by atoms with Gasteiger partial charge < -0.3 is 10.6 Å². The van der Waals surface area contributed by atoms with Crippen molar-refractivity contribution in [3.63, 3.8) is 0 Å². The molecule has 116 valence electrons. The van der Waals surface area contributed by atoms with Gasteiger partial charge in [-0.1, -0.05) is 18.2 Å². The third-order valence-electron chi connectivity index (χ3n) is 3.92. The molecule has 1 amide bonds. The Morgan fingerprint density at radius 3 is 2.43 bits per heavy atom. The molecule has 1 heterocycles. The first kappa shape index (κ1) is 16.0. The van der Waals surface area contributed by atoms with Gasteiger partial charge in [0, 0.05) is 11.2 Å². The highest BCUT2D eigenvalue weighted by Crippen LogP contribution is 2.23. The van der Waals surface area contributed by atoms with E-state index < -0.39 is 15.4 Å². The second kappa shape index (κ2) is 5.77. The molecule has 0 radical (unpaired) electrons. The molecule has 1 atom stereocenters. The van der Waals surface area contributed by atoms with Crippen LogP contribution in [0.4, 0.5) is 5.69 Å². The van der Waals surface area contributed by atoms with Crippen molar-refractivity contribution < 1.29 is 13.2 Å². The standard InChI is InChI=1S/C15H22N2O3S/c1-11-5-4-6-12(2)14(11)17-13(18)9-16-15(3)7-8-21(19,20)10-15/h4-6,16H,7-10H2,1-3H3,(H,17,18). The first-order chi connectivity index (χ1) is 9.71. The molecule has 1 saturated heterocycles. The van der Waals surface area contributed by atoms with Crippen LogP contribution in [-0.2, 0) is 14.6 Å². The zero-order valence-electron chi connectivity index (χ0n) is 12.7. The molecule has 1 fully saturated rings. The fourth-order valence-electron chi connectivity index (χ4n) is 2.64. The Morgan fingerprint density at radius 1 is 1.29 bits per heavy atom. The van der Waals surface area contributed by atoms with Crippen LogP contribution < -0.4 is 10.6 Å². The third-order valence-corrected chi connectivity index (χ3v) is 5.83. The highest BCUT2D eigenvalue weighted by Gasteiger charge is 2.38. The number of carbonyl (C=O) groups excluding carboxylic acids is 1. The van der Waals surface area contributed by atoms with Crippen molar-refractivity contribution in [1.82, 2.24) is 5.32 Å². The van der Waals surface area contributed by atoms with E-state index in [0.717, 1.165) is 16.8 Å². The number of carbonyl (C=O) groups is 1. The number of nitrogens with one attached hydrogen (secondary N) is 2. The quantitative estimate of drug-likeness (QED) is 0.882. The van der Waals surface area contributed by atoms with Gasteiger partial charge >= 0.3 is 0 Å². The van der Waals surface area contributed by atoms with Crippen molar-refractivity contribution in [2.24, 2.45) is 0 Å². The van der Waals surface area contributed by atoms with E-state index in [1.807, 2.05) is 39.0 Å². The fraction of sp³-hybridized carbons (Fsp3) is 0.533. The minimum atomic E-state index is -2.97. The van der Waals surface area contributed by atoms with Gasteiger partial charge in [-0.25, -0.2) is 8.42 Å². The monoisotopic (exact) mass is 310 g/mol. The topological polar surface area (TPSA) is 75.3 Å². The Balaban J connectivity index is 1.94. The van der Waals surface area contributed by atoms with Gasteiger partial charge in [-0.05, 0) is 38.3 Å². The maximum atomic E-state index is 12.1. The molecule has 1 aromatic rings. The van der Waals surface area contributed by atoms with E-state index in [0.29, 0.717) is 6.42 Å². The number of para-hydroxylation sites is 1. The second-order valence-corrected chi connectivity index (χ2v) is 8.26. The van der Waals surface area contributed by atoms with Crippen LogP contribution >= 0.6 is 0 Å². The minimum Gasteiger partial charge on any atom is -0.324 e. The second-order valence-electron chi connectivity index (χ2n) is 6.07.